The maximum absolute atomic E-state index is 11.4. The van der Waals surface area contributed by atoms with Crippen molar-refractivity contribution in [1.29, 1.82) is 0 Å². The van der Waals surface area contributed by atoms with E-state index in [9.17, 15) is 4.79 Å². The summed E-state index contributed by atoms with van der Waals surface area (Å²) in [4.78, 5) is 12.4. The highest BCUT2D eigenvalue weighted by atomic mass is 32.1. The SMILES string of the molecule is CCCNC(=O)Nc1cc(-c2cccs2)on1. The number of thiophene rings is 1. The van der Waals surface area contributed by atoms with Gasteiger partial charge in [0.25, 0.3) is 0 Å². The number of amides is 2. The number of hydrogen-bond donors (Lipinski definition) is 2. The van der Waals surface area contributed by atoms with Crippen molar-refractivity contribution in [3.8, 4) is 10.6 Å². The van der Waals surface area contributed by atoms with Crippen LogP contribution in [0.3, 0.4) is 0 Å². The normalized spacial score (nSPS) is 10.2. The van der Waals surface area contributed by atoms with Crippen LogP contribution in [0.2, 0.25) is 0 Å². The average Bonchev–Trinajstić information content (AvgIpc) is 2.95. The number of carbonyl (C=O) groups excluding carboxylic acids is 1. The van der Waals surface area contributed by atoms with Crippen molar-refractivity contribution in [1.82, 2.24) is 10.5 Å². The van der Waals surface area contributed by atoms with Gasteiger partial charge in [0, 0.05) is 12.6 Å². The summed E-state index contributed by atoms with van der Waals surface area (Å²) < 4.78 is 5.13. The molecule has 0 saturated heterocycles. The van der Waals surface area contributed by atoms with Crippen LogP contribution in [0.4, 0.5) is 10.6 Å². The Kier molecular flexibility index (Phi) is 3.77. The van der Waals surface area contributed by atoms with Crippen molar-refractivity contribution >= 4 is 23.2 Å². The molecule has 0 aliphatic rings. The largest absolute Gasteiger partial charge is 0.353 e. The fourth-order valence-corrected chi connectivity index (χ4v) is 1.94. The number of carbonyl (C=O) groups is 1. The van der Waals surface area contributed by atoms with Crippen LogP contribution in [0.5, 0.6) is 0 Å². The molecule has 2 aromatic rings. The molecule has 0 aliphatic heterocycles. The third-order valence-electron chi connectivity index (χ3n) is 2.05. The fourth-order valence-electron chi connectivity index (χ4n) is 1.27. The van der Waals surface area contributed by atoms with Crippen LogP contribution >= 0.6 is 11.3 Å². The summed E-state index contributed by atoms with van der Waals surface area (Å²) >= 11 is 1.56. The van der Waals surface area contributed by atoms with Crippen LogP contribution in [0.15, 0.2) is 28.1 Å². The quantitative estimate of drug-likeness (QED) is 0.877. The van der Waals surface area contributed by atoms with Crippen molar-refractivity contribution in [2.75, 3.05) is 11.9 Å². The molecule has 2 aromatic heterocycles. The van der Waals surface area contributed by atoms with Crippen molar-refractivity contribution in [2.24, 2.45) is 0 Å². The number of nitrogens with zero attached hydrogens (tertiary/aromatic N) is 1. The molecule has 0 bridgehead atoms. The minimum absolute atomic E-state index is 0.266. The first-order valence-electron chi connectivity index (χ1n) is 5.35. The van der Waals surface area contributed by atoms with Crippen molar-refractivity contribution < 1.29 is 9.32 Å². The molecule has 0 aliphatic carbocycles. The van der Waals surface area contributed by atoms with Crippen LogP contribution in [-0.4, -0.2) is 17.7 Å². The van der Waals surface area contributed by atoms with Crippen molar-refractivity contribution in [3.63, 3.8) is 0 Å². The highest BCUT2D eigenvalue weighted by Crippen LogP contribution is 2.26. The van der Waals surface area contributed by atoms with E-state index in [0.717, 1.165) is 11.3 Å². The minimum atomic E-state index is -0.266. The molecule has 0 saturated carbocycles. The second-order valence-corrected chi connectivity index (χ2v) is 4.38. The highest BCUT2D eigenvalue weighted by Gasteiger charge is 2.09. The van der Waals surface area contributed by atoms with E-state index < -0.39 is 0 Å². The first-order valence-corrected chi connectivity index (χ1v) is 6.23. The predicted molar refractivity (Wildman–Crippen MR) is 67.1 cm³/mol. The lowest BCUT2D eigenvalue weighted by atomic mass is 10.3. The van der Waals surface area contributed by atoms with Gasteiger partial charge in [0.15, 0.2) is 11.6 Å². The second-order valence-electron chi connectivity index (χ2n) is 3.43. The fraction of sp³-hybridized carbons (Fsp3) is 0.273. The molecule has 17 heavy (non-hydrogen) atoms. The maximum Gasteiger partial charge on any atom is 0.320 e. The van der Waals surface area contributed by atoms with Gasteiger partial charge in [0.1, 0.15) is 0 Å². The van der Waals surface area contributed by atoms with Gasteiger partial charge in [-0.05, 0) is 17.9 Å². The van der Waals surface area contributed by atoms with E-state index in [-0.39, 0.29) is 6.03 Å². The summed E-state index contributed by atoms with van der Waals surface area (Å²) in [5.41, 5.74) is 0. The standard InChI is InChI=1S/C11H13N3O2S/c1-2-5-12-11(15)13-10-7-8(16-14-10)9-4-3-6-17-9/h3-4,6-7H,2,5H2,1H3,(H2,12,13,14,15). The lowest BCUT2D eigenvalue weighted by Crippen LogP contribution is -2.29. The van der Waals surface area contributed by atoms with E-state index >= 15 is 0 Å². The predicted octanol–water partition coefficient (Wildman–Crippen LogP) is 2.93. The number of aromatic nitrogens is 1. The van der Waals surface area contributed by atoms with Crippen molar-refractivity contribution in [2.45, 2.75) is 13.3 Å². The van der Waals surface area contributed by atoms with Gasteiger partial charge >= 0.3 is 6.03 Å². The summed E-state index contributed by atoms with van der Waals surface area (Å²) in [7, 11) is 0. The number of rotatable bonds is 4. The summed E-state index contributed by atoms with van der Waals surface area (Å²) in [6.45, 7) is 2.63. The van der Waals surface area contributed by atoms with E-state index in [4.69, 9.17) is 4.52 Å². The number of anilines is 1. The molecule has 2 heterocycles. The lowest BCUT2D eigenvalue weighted by molar-refractivity contribution is 0.252. The zero-order valence-corrected chi connectivity index (χ0v) is 10.2. The summed E-state index contributed by atoms with van der Waals surface area (Å²) in [6.07, 6.45) is 0.896. The molecule has 0 fully saturated rings. The molecule has 2 amide bonds. The Balaban J connectivity index is 1.97. The van der Waals surface area contributed by atoms with Crippen LogP contribution < -0.4 is 10.6 Å². The Hall–Kier alpha value is -1.82. The van der Waals surface area contributed by atoms with E-state index in [0.29, 0.717) is 18.1 Å². The Bertz CT molecular complexity index is 479. The molecule has 0 aromatic carbocycles. The molecule has 90 valence electrons. The third-order valence-corrected chi connectivity index (χ3v) is 2.94. The number of hydrogen-bond acceptors (Lipinski definition) is 4. The number of urea groups is 1. The topological polar surface area (TPSA) is 67.2 Å². The van der Waals surface area contributed by atoms with Gasteiger partial charge < -0.3 is 9.84 Å². The third kappa shape index (κ3) is 3.07. The van der Waals surface area contributed by atoms with E-state index in [1.165, 1.54) is 0 Å². The van der Waals surface area contributed by atoms with Crippen LogP contribution in [-0.2, 0) is 0 Å². The Morgan fingerprint density at radius 3 is 3.18 bits per heavy atom. The Morgan fingerprint density at radius 2 is 2.47 bits per heavy atom. The minimum Gasteiger partial charge on any atom is -0.353 e. The molecule has 0 spiro atoms. The molecule has 2 N–H and O–H groups in total. The summed E-state index contributed by atoms with van der Waals surface area (Å²) in [5.74, 6) is 1.08. The van der Waals surface area contributed by atoms with Gasteiger partial charge in [0.2, 0.25) is 0 Å². The zero-order valence-electron chi connectivity index (χ0n) is 9.40. The molecule has 2 rings (SSSR count). The molecule has 0 radical (unpaired) electrons. The smallest absolute Gasteiger partial charge is 0.320 e. The zero-order chi connectivity index (χ0) is 12.1. The van der Waals surface area contributed by atoms with Crippen LogP contribution in [0.1, 0.15) is 13.3 Å². The molecule has 6 heteroatoms. The monoisotopic (exact) mass is 251 g/mol. The molecule has 0 atom stereocenters. The first kappa shape index (κ1) is 11.7. The highest BCUT2D eigenvalue weighted by molar-refractivity contribution is 7.13. The van der Waals surface area contributed by atoms with Crippen LogP contribution in [0, 0.1) is 0 Å². The molecule has 0 unspecified atom stereocenters. The Morgan fingerprint density at radius 1 is 1.59 bits per heavy atom. The van der Waals surface area contributed by atoms with Gasteiger partial charge in [-0.3, -0.25) is 5.32 Å². The van der Waals surface area contributed by atoms with Crippen LogP contribution in [0.25, 0.3) is 10.6 Å². The maximum atomic E-state index is 11.4. The first-order chi connectivity index (χ1) is 8.29. The lowest BCUT2D eigenvalue weighted by Gasteiger charge is -2.01. The Labute approximate surface area is 103 Å². The molecule has 5 nitrogen and oxygen atoms in total. The molecular formula is C11H13N3O2S. The van der Waals surface area contributed by atoms with Crippen molar-refractivity contribution in [3.05, 3.63) is 23.6 Å². The average molecular weight is 251 g/mol. The van der Waals surface area contributed by atoms with Gasteiger partial charge in [0.05, 0.1) is 4.88 Å². The summed E-state index contributed by atoms with van der Waals surface area (Å²) in [5, 5.41) is 11.0. The van der Waals surface area contributed by atoms with E-state index in [2.05, 4.69) is 15.8 Å². The summed E-state index contributed by atoms with van der Waals surface area (Å²) in [6, 6.07) is 5.31. The molecular weight excluding hydrogens is 238 g/mol. The van der Waals surface area contributed by atoms with Gasteiger partial charge in [-0.1, -0.05) is 18.1 Å². The second kappa shape index (κ2) is 5.49. The van der Waals surface area contributed by atoms with Gasteiger partial charge in [-0.2, -0.15) is 0 Å². The van der Waals surface area contributed by atoms with Gasteiger partial charge in [-0.15, -0.1) is 11.3 Å². The van der Waals surface area contributed by atoms with Gasteiger partial charge in [-0.25, -0.2) is 4.79 Å². The van der Waals surface area contributed by atoms with E-state index in [1.54, 1.807) is 17.4 Å². The van der Waals surface area contributed by atoms with E-state index in [1.807, 2.05) is 24.4 Å². The number of nitrogens with one attached hydrogen (secondary N) is 2.